The molecule has 0 aromatic heterocycles. The summed E-state index contributed by atoms with van der Waals surface area (Å²) in [6, 6.07) is -0.881. The average molecular weight is 336 g/mol. The first kappa shape index (κ1) is 17.9. The Morgan fingerprint density at radius 1 is 1.13 bits per heavy atom. The van der Waals surface area contributed by atoms with Crippen LogP contribution in [0.3, 0.4) is 0 Å². The van der Waals surface area contributed by atoms with E-state index in [1.54, 1.807) is 6.92 Å². The molecule has 0 spiro atoms. The predicted octanol–water partition coefficient (Wildman–Crippen LogP) is 3.00. The zero-order valence-corrected chi connectivity index (χ0v) is 13.1. The minimum absolute atomic E-state index is 0.0625. The number of amides is 2. The molecule has 2 amide bonds. The number of carbonyl (C=O) groups excluding carboxylic acids is 1. The topological polar surface area (TPSA) is 69.6 Å². The first-order valence-electron chi connectivity index (χ1n) is 8.05. The van der Waals surface area contributed by atoms with Gasteiger partial charge in [0.1, 0.15) is 0 Å². The molecule has 2 atom stereocenters. The second-order valence-electron chi connectivity index (χ2n) is 6.64. The molecule has 1 aliphatic carbocycles. The molecule has 2 N–H and O–H groups in total. The number of alkyl halides is 3. The molecule has 1 saturated carbocycles. The van der Waals surface area contributed by atoms with Crippen molar-refractivity contribution in [2.75, 3.05) is 6.54 Å². The first-order valence-corrected chi connectivity index (χ1v) is 8.05. The molecule has 1 saturated heterocycles. The van der Waals surface area contributed by atoms with Crippen molar-refractivity contribution in [2.45, 2.75) is 63.7 Å². The molecule has 2 aliphatic rings. The van der Waals surface area contributed by atoms with Gasteiger partial charge in [-0.2, -0.15) is 13.2 Å². The van der Waals surface area contributed by atoms with Crippen LogP contribution in [-0.4, -0.2) is 46.8 Å². The maximum absolute atomic E-state index is 12.8. The van der Waals surface area contributed by atoms with E-state index in [9.17, 15) is 22.8 Å². The van der Waals surface area contributed by atoms with E-state index in [0.29, 0.717) is 25.7 Å². The third kappa shape index (κ3) is 4.51. The number of rotatable bonds is 2. The molecule has 1 aliphatic heterocycles. The van der Waals surface area contributed by atoms with Gasteiger partial charge in [-0.3, -0.25) is 4.79 Å². The Hall–Kier alpha value is -1.47. The summed E-state index contributed by atoms with van der Waals surface area (Å²) < 4.78 is 38.3. The number of aliphatic carboxylic acids is 1. The van der Waals surface area contributed by atoms with Gasteiger partial charge >= 0.3 is 18.2 Å². The van der Waals surface area contributed by atoms with E-state index in [1.165, 1.54) is 4.90 Å². The molecule has 2 unspecified atom stereocenters. The molecule has 23 heavy (non-hydrogen) atoms. The largest absolute Gasteiger partial charge is 0.481 e. The quantitative estimate of drug-likeness (QED) is 0.814. The van der Waals surface area contributed by atoms with E-state index in [-0.39, 0.29) is 37.4 Å². The van der Waals surface area contributed by atoms with Crippen molar-refractivity contribution in [3.63, 3.8) is 0 Å². The fourth-order valence-corrected chi connectivity index (χ4v) is 3.51. The Morgan fingerprint density at radius 3 is 2.22 bits per heavy atom. The fourth-order valence-electron chi connectivity index (χ4n) is 3.51. The van der Waals surface area contributed by atoms with E-state index >= 15 is 0 Å². The number of nitrogens with zero attached hydrogens (tertiary/aromatic N) is 1. The lowest BCUT2D eigenvalue weighted by atomic mass is 9.86. The van der Waals surface area contributed by atoms with Gasteiger partial charge in [-0.1, -0.05) is 0 Å². The van der Waals surface area contributed by atoms with Crippen LogP contribution in [-0.2, 0) is 4.79 Å². The van der Waals surface area contributed by atoms with Crippen molar-refractivity contribution >= 4 is 12.0 Å². The molecular weight excluding hydrogens is 313 g/mol. The summed E-state index contributed by atoms with van der Waals surface area (Å²) in [5, 5.41) is 11.8. The summed E-state index contributed by atoms with van der Waals surface area (Å²) in [4.78, 5) is 24.6. The first-order chi connectivity index (χ1) is 10.7. The highest BCUT2D eigenvalue weighted by molar-refractivity contribution is 5.75. The molecule has 0 radical (unpaired) electrons. The number of carbonyl (C=O) groups is 2. The monoisotopic (exact) mass is 336 g/mol. The zero-order valence-electron chi connectivity index (χ0n) is 13.1. The number of carboxylic acid groups (broad SMARTS) is 1. The van der Waals surface area contributed by atoms with E-state index in [2.05, 4.69) is 5.32 Å². The van der Waals surface area contributed by atoms with Gasteiger partial charge in [-0.15, -0.1) is 0 Å². The molecule has 2 rings (SSSR count). The van der Waals surface area contributed by atoms with Crippen molar-refractivity contribution in [3.05, 3.63) is 0 Å². The number of halogens is 3. The maximum Gasteiger partial charge on any atom is 0.391 e. The zero-order chi connectivity index (χ0) is 17.2. The highest BCUT2D eigenvalue weighted by Crippen LogP contribution is 2.36. The predicted molar refractivity (Wildman–Crippen MR) is 76.9 cm³/mol. The van der Waals surface area contributed by atoms with Crippen LogP contribution in [0.4, 0.5) is 18.0 Å². The number of piperidine rings is 1. The van der Waals surface area contributed by atoms with Crippen molar-refractivity contribution in [1.29, 1.82) is 0 Å². The molecular formula is C15H23F3N2O3. The molecule has 5 nitrogen and oxygen atoms in total. The van der Waals surface area contributed by atoms with Crippen LogP contribution in [0.2, 0.25) is 0 Å². The average Bonchev–Trinajstić information content (AvgIpc) is 2.46. The fraction of sp³-hybridized carbons (Fsp3) is 0.867. The van der Waals surface area contributed by atoms with Crippen LogP contribution in [0, 0.1) is 11.8 Å². The standard InChI is InChI=1S/C15H23F3N2O3/c1-9-8-11(15(16,17)18)6-7-20(9)14(23)19-12-4-2-10(3-5-12)13(21)22/h9-12H,2-8H2,1H3,(H,19,23)(H,21,22). The maximum atomic E-state index is 12.8. The van der Waals surface area contributed by atoms with Gasteiger partial charge in [0.05, 0.1) is 11.8 Å². The molecule has 1 heterocycles. The lowest BCUT2D eigenvalue weighted by Crippen LogP contribution is -2.53. The SMILES string of the molecule is CC1CC(C(F)(F)F)CCN1C(=O)NC1CCC(C(=O)O)CC1. The van der Waals surface area contributed by atoms with Crippen LogP contribution in [0.5, 0.6) is 0 Å². The summed E-state index contributed by atoms with van der Waals surface area (Å²) in [5.41, 5.74) is 0. The molecule has 0 bridgehead atoms. The smallest absolute Gasteiger partial charge is 0.391 e. The number of hydrogen-bond acceptors (Lipinski definition) is 2. The van der Waals surface area contributed by atoms with Gasteiger partial charge in [0.2, 0.25) is 0 Å². The van der Waals surface area contributed by atoms with Gasteiger partial charge in [0.25, 0.3) is 0 Å². The molecule has 0 aromatic rings. The number of hydrogen-bond donors (Lipinski definition) is 2. The Bertz CT molecular complexity index is 448. The van der Waals surface area contributed by atoms with Gasteiger partial charge in [-0.25, -0.2) is 4.79 Å². The van der Waals surface area contributed by atoms with Crippen LogP contribution >= 0.6 is 0 Å². The van der Waals surface area contributed by atoms with Crippen molar-refractivity contribution in [2.24, 2.45) is 11.8 Å². The Balaban J connectivity index is 1.82. The Kier molecular flexibility index (Phi) is 5.41. The number of carboxylic acids is 1. The number of nitrogens with one attached hydrogen (secondary N) is 1. The number of urea groups is 1. The minimum Gasteiger partial charge on any atom is -0.481 e. The molecule has 2 fully saturated rings. The summed E-state index contributed by atoms with van der Waals surface area (Å²) >= 11 is 0. The molecule has 0 aromatic carbocycles. The van der Waals surface area contributed by atoms with Crippen LogP contribution in [0.15, 0.2) is 0 Å². The summed E-state index contributed by atoms with van der Waals surface area (Å²) in [6.07, 6.45) is -2.11. The normalized spacial score (nSPS) is 32.4. The van der Waals surface area contributed by atoms with Crippen molar-refractivity contribution in [1.82, 2.24) is 10.2 Å². The highest BCUT2D eigenvalue weighted by Gasteiger charge is 2.44. The Labute approximate surface area is 133 Å². The highest BCUT2D eigenvalue weighted by atomic mass is 19.4. The third-order valence-electron chi connectivity index (χ3n) is 5.00. The third-order valence-corrected chi connectivity index (χ3v) is 5.00. The lowest BCUT2D eigenvalue weighted by Gasteiger charge is -2.39. The van der Waals surface area contributed by atoms with E-state index in [4.69, 9.17) is 5.11 Å². The molecule has 8 heteroatoms. The van der Waals surface area contributed by atoms with Crippen LogP contribution in [0.25, 0.3) is 0 Å². The summed E-state index contributed by atoms with van der Waals surface area (Å²) in [5.74, 6) is -2.50. The van der Waals surface area contributed by atoms with Gasteiger partial charge in [-0.05, 0) is 45.4 Å². The summed E-state index contributed by atoms with van der Waals surface area (Å²) in [7, 11) is 0. The van der Waals surface area contributed by atoms with Gasteiger partial charge in [0, 0.05) is 18.6 Å². The van der Waals surface area contributed by atoms with Crippen molar-refractivity contribution in [3.8, 4) is 0 Å². The second kappa shape index (κ2) is 6.97. The Morgan fingerprint density at radius 2 is 1.74 bits per heavy atom. The molecule has 132 valence electrons. The second-order valence-corrected chi connectivity index (χ2v) is 6.64. The van der Waals surface area contributed by atoms with Crippen LogP contribution in [0.1, 0.15) is 45.4 Å². The number of likely N-dealkylation sites (tertiary alicyclic amines) is 1. The van der Waals surface area contributed by atoms with Gasteiger partial charge < -0.3 is 15.3 Å². The van der Waals surface area contributed by atoms with E-state index in [1.807, 2.05) is 0 Å². The summed E-state index contributed by atoms with van der Waals surface area (Å²) in [6.45, 7) is 1.74. The lowest BCUT2D eigenvalue weighted by molar-refractivity contribution is -0.187. The van der Waals surface area contributed by atoms with E-state index < -0.39 is 24.1 Å². The van der Waals surface area contributed by atoms with Crippen molar-refractivity contribution < 1.29 is 27.9 Å². The van der Waals surface area contributed by atoms with E-state index in [0.717, 1.165) is 0 Å². The van der Waals surface area contributed by atoms with Crippen LogP contribution < -0.4 is 5.32 Å². The van der Waals surface area contributed by atoms with Gasteiger partial charge in [0.15, 0.2) is 0 Å². The minimum atomic E-state index is -4.20.